The van der Waals surface area contributed by atoms with Crippen LogP contribution in [-0.2, 0) is 16.6 Å². The number of halogens is 3. The van der Waals surface area contributed by atoms with Crippen molar-refractivity contribution in [1.29, 1.82) is 0 Å². The van der Waals surface area contributed by atoms with Crippen molar-refractivity contribution in [3.05, 3.63) is 52.9 Å². The summed E-state index contributed by atoms with van der Waals surface area (Å²) < 4.78 is 39.3. The molecule has 0 radical (unpaired) electrons. The molecule has 2 heterocycles. The molecule has 7 nitrogen and oxygen atoms in total. The molecule has 5 rings (SSSR count). The second kappa shape index (κ2) is 9.05. The molecule has 0 bridgehead atoms. The first-order chi connectivity index (χ1) is 17.3. The van der Waals surface area contributed by atoms with Crippen LogP contribution in [0, 0.1) is 11.3 Å². The number of carboxylic acids is 1. The van der Waals surface area contributed by atoms with E-state index in [2.05, 4.69) is 20.3 Å². The molecule has 2 aliphatic carbocycles. The van der Waals surface area contributed by atoms with Crippen molar-refractivity contribution < 1.29 is 28.2 Å². The third kappa shape index (κ3) is 5.33. The number of hydrogen-bond donors (Lipinski definition) is 3. The normalized spacial score (nSPS) is 23.6. The molecule has 11 heteroatoms. The number of hydrogen-bond acceptors (Lipinski definition) is 7. The summed E-state index contributed by atoms with van der Waals surface area (Å²) in [5, 5.41) is 24.5. The summed E-state index contributed by atoms with van der Waals surface area (Å²) in [6.07, 6.45) is 1.21. The molecule has 0 spiro atoms. The van der Waals surface area contributed by atoms with E-state index in [1.807, 2.05) is 32.0 Å². The van der Waals surface area contributed by atoms with Gasteiger partial charge in [-0.1, -0.05) is 13.8 Å². The highest BCUT2D eigenvalue weighted by Gasteiger charge is 2.49. The van der Waals surface area contributed by atoms with Crippen LogP contribution in [0.2, 0.25) is 0 Å². The summed E-state index contributed by atoms with van der Waals surface area (Å²) in [5.74, 6) is -1.15. The van der Waals surface area contributed by atoms with E-state index in [1.54, 1.807) is 6.20 Å². The van der Waals surface area contributed by atoms with Crippen molar-refractivity contribution in [2.45, 2.75) is 63.6 Å². The Balaban J connectivity index is 1.44. The Morgan fingerprint density at radius 1 is 1.16 bits per heavy atom. The zero-order chi connectivity index (χ0) is 26.6. The molecular weight excluding hydrogens is 505 g/mol. The van der Waals surface area contributed by atoms with Crippen molar-refractivity contribution in [3.8, 4) is 10.4 Å². The number of aliphatic carboxylic acids is 1. The number of carbonyl (C=O) groups is 1. The van der Waals surface area contributed by atoms with Gasteiger partial charge < -0.3 is 15.5 Å². The fourth-order valence-electron chi connectivity index (χ4n) is 5.23. The topological polar surface area (TPSA) is 108 Å². The highest BCUT2D eigenvalue weighted by molar-refractivity contribution is 7.15. The van der Waals surface area contributed by atoms with E-state index in [4.69, 9.17) is 0 Å². The Kier molecular flexibility index (Phi) is 6.26. The largest absolute Gasteiger partial charge is 0.481 e. The molecular formula is C26H27F3N4O3S. The minimum atomic E-state index is -4.57. The Morgan fingerprint density at radius 3 is 2.57 bits per heavy atom. The number of nitrogens with zero attached hydrogens (tertiary/aromatic N) is 3. The van der Waals surface area contributed by atoms with Crippen LogP contribution in [-0.4, -0.2) is 31.1 Å². The number of carboxylic acid groups (broad SMARTS) is 1. The lowest BCUT2D eigenvalue weighted by molar-refractivity contribution is -0.154. The molecule has 0 amide bonds. The number of anilines is 2. The van der Waals surface area contributed by atoms with E-state index < -0.39 is 34.8 Å². The van der Waals surface area contributed by atoms with Gasteiger partial charge >= 0.3 is 12.1 Å². The monoisotopic (exact) mass is 532 g/mol. The molecule has 2 saturated carbocycles. The summed E-state index contributed by atoms with van der Waals surface area (Å²) in [5.41, 5.74) is -0.397. The summed E-state index contributed by atoms with van der Waals surface area (Å²) in [7, 11) is 0. The van der Waals surface area contributed by atoms with Crippen LogP contribution in [0.25, 0.3) is 10.4 Å². The number of alkyl halides is 3. The average molecular weight is 533 g/mol. The van der Waals surface area contributed by atoms with Crippen molar-refractivity contribution in [3.63, 3.8) is 0 Å². The van der Waals surface area contributed by atoms with E-state index in [-0.39, 0.29) is 12.4 Å². The zero-order valence-corrected chi connectivity index (χ0v) is 21.2. The van der Waals surface area contributed by atoms with Gasteiger partial charge in [-0.25, -0.2) is 15.0 Å². The number of benzene rings is 1. The van der Waals surface area contributed by atoms with Crippen LogP contribution >= 0.6 is 11.3 Å². The first kappa shape index (κ1) is 25.6. The Bertz CT molecular complexity index is 1340. The van der Waals surface area contributed by atoms with Gasteiger partial charge in [-0.2, -0.15) is 13.2 Å². The van der Waals surface area contributed by atoms with Crippen LogP contribution in [0.3, 0.4) is 0 Å². The average Bonchev–Trinajstić information content (AvgIpc) is 3.53. The molecule has 2 aliphatic rings. The van der Waals surface area contributed by atoms with E-state index in [0.717, 1.165) is 41.1 Å². The van der Waals surface area contributed by atoms with Crippen LogP contribution in [0.1, 0.15) is 68.1 Å². The van der Waals surface area contributed by atoms with Crippen molar-refractivity contribution in [1.82, 2.24) is 15.0 Å². The molecule has 37 heavy (non-hydrogen) atoms. The highest BCUT2D eigenvalue weighted by atomic mass is 32.1. The summed E-state index contributed by atoms with van der Waals surface area (Å²) in [6, 6.07) is 6.58. The van der Waals surface area contributed by atoms with Crippen molar-refractivity contribution in [2.24, 2.45) is 11.3 Å². The molecule has 0 aliphatic heterocycles. The molecule has 196 valence electrons. The lowest BCUT2D eigenvalue weighted by Gasteiger charge is -2.44. The molecule has 3 aromatic rings. The van der Waals surface area contributed by atoms with E-state index in [0.29, 0.717) is 29.5 Å². The summed E-state index contributed by atoms with van der Waals surface area (Å²) in [6.45, 7) is 3.72. The van der Waals surface area contributed by atoms with Gasteiger partial charge in [-0.15, -0.1) is 11.3 Å². The number of aromatic nitrogens is 3. The third-order valence-electron chi connectivity index (χ3n) is 7.23. The molecule has 2 aromatic heterocycles. The Morgan fingerprint density at radius 2 is 1.92 bits per heavy atom. The smallest absolute Gasteiger partial charge is 0.433 e. The minimum absolute atomic E-state index is 0.148. The van der Waals surface area contributed by atoms with Crippen LogP contribution in [0.15, 0.2) is 36.7 Å². The van der Waals surface area contributed by atoms with Crippen molar-refractivity contribution >= 4 is 28.9 Å². The van der Waals surface area contributed by atoms with Gasteiger partial charge in [0.15, 0.2) is 0 Å². The van der Waals surface area contributed by atoms with E-state index in [1.165, 1.54) is 11.3 Å². The quantitative estimate of drug-likeness (QED) is 0.340. The lowest BCUT2D eigenvalue weighted by atomic mass is 9.63. The van der Waals surface area contributed by atoms with Crippen LogP contribution < -0.4 is 5.32 Å². The second-order valence-corrected chi connectivity index (χ2v) is 11.7. The van der Waals surface area contributed by atoms with E-state index >= 15 is 0 Å². The Hall–Kier alpha value is -3.05. The van der Waals surface area contributed by atoms with Gasteiger partial charge in [0.1, 0.15) is 16.3 Å². The maximum atomic E-state index is 13.1. The first-order valence-electron chi connectivity index (χ1n) is 12.1. The summed E-state index contributed by atoms with van der Waals surface area (Å²) in [4.78, 5) is 24.5. The lowest BCUT2D eigenvalue weighted by Crippen LogP contribution is -2.44. The molecule has 2 fully saturated rings. The van der Waals surface area contributed by atoms with Crippen LogP contribution in [0.4, 0.5) is 24.8 Å². The van der Waals surface area contributed by atoms with Gasteiger partial charge in [-0.3, -0.25) is 4.79 Å². The van der Waals surface area contributed by atoms with Gasteiger partial charge in [-0.05, 0) is 78.8 Å². The SMILES string of the molecule is CC1(C)C[C@@](O)(c2ncc(-c3cc(Nc4nccc(C(F)(F)F)n4)cc(C4CC4)c3)s2)CC[C@@H]1C(=O)O. The fraction of sp³-hybridized carbons (Fsp3) is 0.462. The molecule has 0 saturated heterocycles. The second-order valence-electron chi connectivity index (χ2n) is 10.7. The summed E-state index contributed by atoms with van der Waals surface area (Å²) >= 11 is 1.35. The van der Waals surface area contributed by atoms with Crippen LogP contribution in [0.5, 0.6) is 0 Å². The van der Waals surface area contributed by atoms with E-state index in [9.17, 15) is 28.2 Å². The third-order valence-corrected chi connectivity index (χ3v) is 8.47. The molecule has 3 N–H and O–H groups in total. The number of aliphatic hydroxyl groups is 1. The van der Waals surface area contributed by atoms with Gasteiger partial charge in [0.05, 0.1) is 10.8 Å². The zero-order valence-electron chi connectivity index (χ0n) is 20.3. The molecule has 2 atom stereocenters. The predicted molar refractivity (Wildman–Crippen MR) is 132 cm³/mol. The number of nitrogens with one attached hydrogen (secondary N) is 1. The number of rotatable bonds is 6. The van der Waals surface area contributed by atoms with Gasteiger partial charge in [0.25, 0.3) is 0 Å². The number of thiazole rings is 1. The standard InChI is InChI=1S/C26H27F3N4O3S/c1-24(2)13-25(36,7-5-18(24)21(34)35)22-31-12-19(37-22)16-9-15(14-3-4-14)10-17(11-16)32-23-30-8-6-20(33-23)26(27,28)29/h6,8-12,14,18,36H,3-5,7,13H2,1-2H3,(H,34,35)(H,30,32,33)/t18-,25-/m1/s1. The van der Waals surface area contributed by atoms with Crippen molar-refractivity contribution in [2.75, 3.05) is 5.32 Å². The maximum Gasteiger partial charge on any atom is 0.433 e. The highest BCUT2D eigenvalue weighted by Crippen LogP contribution is 2.51. The fourth-order valence-corrected chi connectivity index (χ4v) is 6.25. The molecule has 1 aromatic carbocycles. The minimum Gasteiger partial charge on any atom is -0.481 e. The molecule has 0 unspecified atom stereocenters. The first-order valence-corrected chi connectivity index (χ1v) is 12.9. The maximum absolute atomic E-state index is 13.1. The van der Waals surface area contributed by atoms with Gasteiger partial charge in [0, 0.05) is 18.1 Å². The van der Waals surface area contributed by atoms with Gasteiger partial charge in [0.2, 0.25) is 5.95 Å². The predicted octanol–water partition coefficient (Wildman–Crippen LogP) is 6.34. The Labute approximate surface area is 215 Å².